The molecule has 2 aromatic carbocycles. The van der Waals surface area contributed by atoms with Gasteiger partial charge in [-0.1, -0.05) is 103 Å². The Labute approximate surface area is 303 Å². The fourth-order valence-electron chi connectivity index (χ4n) is 7.84. The van der Waals surface area contributed by atoms with E-state index in [1.807, 2.05) is 74.5 Å². The first-order valence-electron chi connectivity index (χ1n) is 17.4. The summed E-state index contributed by atoms with van der Waals surface area (Å²) >= 11 is 3.73. The molecule has 3 saturated heterocycles. The molecule has 2 N–H and O–H groups in total. The Kier molecular flexibility index (Phi) is 12.3. The van der Waals surface area contributed by atoms with Gasteiger partial charge < -0.3 is 29.7 Å². The van der Waals surface area contributed by atoms with Gasteiger partial charge in [0.15, 0.2) is 0 Å². The van der Waals surface area contributed by atoms with Crippen LogP contribution in [0.15, 0.2) is 86.0 Å². The van der Waals surface area contributed by atoms with E-state index < -0.39 is 53.6 Å². The minimum absolute atomic E-state index is 0.0374. The van der Waals surface area contributed by atoms with Crippen molar-refractivity contribution in [3.8, 4) is 0 Å². The van der Waals surface area contributed by atoms with Crippen LogP contribution in [0.2, 0.25) is 0 Å². The number of likely N-dealkylation sites (tertiary alicyclic amines) is 1. The second-order valence-electron chi connectivity index (χ2n) is 13.8. The lowest BCUT2D eigenvalue weighted by Gasteiger charge is -2.39. The van der Waals surface area contributed by atoms with E-state index in [1.54, 1.807) is 17.1 Å². The van der Waals surface area contributed by atoms with E-state index in [1.165, 1.54) is 4.90 Å². The van der Waals surface area contributed by atoms with E-state index in [4.69, 9.17) is 9.47 Å². The highest BCUT2D eigenvalue weighted by Gasteiger charge is 2.77. The van der Waals surface area contributed by atoms with E-state index in [9.17, 15) is 24.3 Å². The number of hydrogen-bond acceptors (Lipinski definition) is 7. The quantitative estimate of drug-likeness (QED) is 0.136. The van der Waals surface area contributed by atoms with Gasteiger partial charge in [0.25, 0.3) is 0 Å². The van der Waals surface area contributed by atoms with Gasteiger partial charge >= 0.3 is 5.97 Å². The number of carbonyl (C=O) groups excluding carboxylic acids is 4. The number of rotatable bonds is 17. The third-order valence-electron chi connectivity index (χ3n) is 9.95. The number of aliphatic hydroxyl groups is 1. The number of ether oxygens (including phenoxy) is 2. The van der Waals surface area contributed by atoms with Crippen molar-refractivity contribution in [1.29, 1.82) is 0 Å². The van der Waals surface area contributed by atoms with Crippen molar-refractivity contribution < 1.29 is 33.8 Å². The van der Waals surface area contributed by atoms with Crippen LogP contribution in [0, 0.1) is 17.8 Å². The Morgan fingerprint density at radius 3 is 2.42 bits per heavy atom. The Morgan fingerprint density at radius 2 is 1.80 bits per heavy atom. The van der Waals surface area contributed by atoms with Gasteiger partial charge in [-0.05, 0) is 36.3 Å². The number of hydrogen-bond donors (Lipinski definition) is 2. The molecule has 1 spiro atoms. The molecule has 3 heterocycles. The molecule has 10 nitrogen and oxygen atoms in total. The van der Waals surface area contributed by atoms with Crippen LogP contribution in [-0.2, 0) is 35.2 Å². The van der Waals surface area contributed by atoms with Gasteiger partial charge in [0.1, 0.15) is 17.7 Å². The molecule has 5 rings (SSSR count). The largest absolute Gasteiger partial charge is 0.455 e. The average Bonchev–Trinajstić information content (AvgIpc) is 3.71. The van der Waals surface area contributed by atoms with Gasteiger partial charge in [-0.25, -0.2) is 0 Å². The molecule has 11 heteroatoms. The molecule has 50 heavy (non-hydrogen) atoms. The zero-order valence-electron chi connectivity index (χ0n) is 28.8. The van der Waals surface area contributed by atoms with Crippen molar-refractivity contribution in [2.45, 2.75) is 80.8 Å². The zero-order valence-corrected chi connectivity index (χ0v) is 30.4. The maximum Gasteiger partial charge on any atom is 0.313 e. The van der Waals surface area contributed by atoms with E-state index in [0.29, 0.717) is 24.8 Å². The molecular formula is C39H48BrN3O7. The van der Waals surface area contributed by atoms with Crippen molar-refractivity contribution in [2.75, 3.05) is 19.7 Å². The number of halogens is 1. The molecule has 0 saturated carbocycles. The Morgan fingerprint density at radius 1 is 1.12 bits per heavy atom. The van der Waals surface area contributed by atoms with Crippen LogP contribution < -0.4 is 5.32 Å². The number of amides is 3. The van der Waals surface area contributed by atoms with Crippen LogP contribution >= 0.6 is 15.9 Å². The average molecular weight is 751 g/mol. The molecule has 0 aromatic heterocycles. The van der Waals surface area contributed by atoms with Crippen LogP contribution in [0.3, 0.4) is 0 Å². The van der Waals surface area contributed by atoms with Gasteiger partial charge in [-0.3, -0.25) is 19.2 Å². The number of alkyl halides is 1. The molecule has 3 aliphatic heterocycles. The molecule has 2 bridgehead atoms. The smallest absolute Gasteiger partial charge is 0.313 e. The molecule has 3 amide bonds. The van der Waals surface area contributed by atoms with Gasteiger partial charge in [0.05, 0.1) is 37.1 Å². The summed E-state index contributed by atoms with van der Waals surface area (Å²) in [6.07, 6.45) is 3.29. The highest BCUT2D eigenvalue weighted by molar-refractivity contribution is 9.09. The number of allylic oxidation sites excluding steroid dienone is 1. The summed E-state index contributed by atoms with van der Waals surface area (Å²) in [5, 5.41) is 13.5. The Hall–Kier alpha value is -3.80. The highest BCUT2D eigenvalue weighted by atomic mass is 79.9. The summed E-state index contributed by atoms with van der Waals surface area (Å²) in [6.45, 7) is 11.7. The second kappa shape index (κ2) is 16.5. The first-order chi connectivity index (χ1) is 24.1. The predicted molar refractivity (Wildman–Crippen MR) is 193 cm³/mol. The maximum absolute atomic E-state index is 14.8. The van der Waals surface area contributed by atoms with Crippen molar-refractivity contribution in [1.82, 2.24) is 15.1 Å². The molecule has 0 aliphatic carbocycles. The van der Waals surface area contributed by atoms with Crippen LogP contribution in [0.5, 0.6) is 0 Å². The number of esters is 1. The van der Waals surface area contributed by atoms with Crippen molar-refractivity contribution in [3.63, 3.8) is 0 Å². The standard InChI is InChI=1S/C39H48BrN3O7/c1-5-7-18-31(45)41-22-30(27-16-12-9-13-17-27)49-38(48)32-33-36(46)43(28(24-44)20-25(3)4)35(39(33)21-29(40)34(32)50-39)37(47)42(19-6-2)23-26-14-10-8-11-15-26/h5-6,8-17,25,28-30,32-35,44H,1-2,7,18-24H2,3-4H3,(H,41,45)/t28-,29?,30-,32-,33+,34-,35-,39+/m1/s1. The van der Waals surface area contributed by atoms with E-state index >= 15 is 0 Å². The number of nitrogens with one attached hydrogen (secondary N) is 1. The van der Waals surface area contributed by atoms with Gasteiger partial charge in [-0.2, -0.15) is 0 Å². The van der Waals surface area contributed by atoms with Gasteiger partial charge in [0, 0.05) is 24.3 Å². The Balaban J connectivity index is 1.50. The summed E-state index contributed by atoms with van der Waals surface area (Å²) in [4.78, 5) is 59.3. The minimum atomic E-state index is -1.33. The molecule has 268 valence electrons. The lowest BCUT2D eigenvalue weighted by atomic mass is 9.70. The number of carbonyl (C=O) groups is 4. The van der Waals surface area contributed by atoms with Gasteiger partial charge in [-0.15, -0.1) is 13.2 Å². The molecule has 0 radical (unpaired) electrons. The summed E-state index contributed by atoms with van der Waals surface area (Å²) in [7, 11) is 0. The topological polar surface area (TPSA) is 125 Å². The lowest BCUT2D eigenvalue weighted by Crippen LogP contribution is -2.59. The molecule has 2 aromatic rings. The van der Waals surface area contributed by atoms with Crippen LogP contribution in [0.1, 0.15) is 56.8 Å². The van der Waals surface area contributed by atoms with E-state index in [2.05, 4.69) is 34.4 Å². The third-order valence-corrected chi connectivity index (χ3v) is 10.8. The first-order valence-corrected chi connectivity index (χ1v) is 18.3. The molecule has 3 aliphatic rings. The fourth-order valence-corrected chi connectivity index (χ4v) is 8.78. The van der Waals surface area contributed by atoms with Crippen molar-refractivity contribution in [2.24, 2.45) is 17.8 Å². The predicted octanol–water partition coefficient (Wildman–Crippen LogP) is 4.72. The monoisotopic (exact) mass is 749 g/mol. The molecule has 8 atom stereocenters. The number of fused-ring (bicyclic) bond motifs is 1. The summed E-state index contributed by atoms with van der Waals surface area (Å²) in [5.74, 6) is -3.50. The molecular weight excluding hydrogens is 702 g/mol. The summed E-state index contributed by atoms with van der Waals surface area (Å²) < 4.78 is 12.9. The highest BCUT2D eigenvalue weighted by Crippen LogP contribution is 2.61. The molecule has 1 unspecified atom stereocenters. The van der Waals surface area contributed by atoms with E-state index in [-0.39, 0.29) is 55.2 Å². The number of nitrogens with zero attached hydrogens (tertiary/aromatic N) is 2. The maximum atomic E-state index is 14.8. The van der Waals surface area contributed by atoms with E-state index in [0.717, 1.165) is 5.56 Å². The fraction of sp³-hybridized carbons (Fsp3) is 0.487. The van der Waals surface area contributed by atoms with Crippen LogP contribution in [0.25, 0.3) is 0 Å². The zero-order chi connectivity index (χ0) is 36.0. The lowest BCUT2D eigenvalue weighted by molar-refractivity contribution is -0.161. The first kappa shape index (κ1) is 37.5. The second-order valence-corrected chi connectivity index (χ2v) is 15.0. The summed E-state index contributed by atoms with van der Waals surface area (Å²) in [6, 6.07) is 16.9. The van der Waals surface area contributed by atoms with Crippen molar-refractivity contribution in [3.05, 3.63) is 97.1 Å². The minimum Gasteiger partial charge on any atom is -0.455 e. The number of aliphatic hydroxyl groups excluding tert-OH is 1. The number of benzene rings is 2. The SMILES string of the molecule is C=CCCC(=O)NC[C@@H](OC(=O)[C@H]1[C@@H]2O[C@@]3(CC2Br)[C@@H]1C(=O)N([C@@H](CO)CC(C)C)[C@@H]3C(=O)N(CC=C)Cc1ccccc1)c1ccccc1. The van der Waals surface area contributed by atoms with Gasteiger partial charge in [0.2, 0.25) is 17.7 Å². The molecule has 3 fully saturated rings. The van der Waals surface area contributed by atoms with Crippen LogP contribution in [0.4, 0.5) is 0 Å². The van der Waals surface area contributed by atoms with Crippen LogP contribution in [-0.4, -0.2) is 86.9 Å². The normalized spacial score (nSPS) is 26.3. The van der Waals surface area contributed by atoms with Crippen molar-refractivity contribution >= 4 is 39.6 Å². The summed E-state index contributed by atoms with van der Waals surface area (Å²) in [5.41, 5.74) is 0.261. The third kappa shape index (κ3) is 7.60. The Bertz CT molecular complexity index is 1540.